The summed E-state index contributed by atoms with van der Waals surface area (Å²) in [4.78, 5) is 13.6. The van der Waals surface area contributed by atoms with Gasteiger partial charge in [0.2, 0.25) is 5.91 Å². The van der Waals surface area contributed by atoms with E-state index in [0.717, 1.165) is 29.6 Å². The fraction of sp³-hybridized carbons (Fsp3) is 0.667. The molecule has 0 bridgehead atoms. The number of aryl methyl sites for hydroxylation is 1. The highest BCUT2D eigenvalue weighted by Gasteiger charge is 2.32. The molecule has 0 aliphatic carbocycles. The highest BCUT2D eigenvalue weighted by molar-refractivity contribution is 7.98. The van der Waals surface area contributed by atoms with Crippen LogP contribution in [0.25, 0.3) is 0 Å². The number of carbonyl (C=O) groups excluding carboxylic acids is 1. The van der Waals surface area contributed by atoms with Gasteiger partial charge in [0.25, 0.3) is 0 Å². The van der Waals surface area contributed by atoms with Crippen molar-refractivity contribution in [1.29, 1.82) is 0 Å². The number of amides is 1. The molecule has 0 aromatic carbocycles. The molecule has 2 aliphatic rings. The number of hydrogen-bond donors (Lipinski definition) is 1. The third kappa shape index (κ3) is 2.03. The smallest absolute Gasteiger partial charge is 0.244 e. The van der Waals surface area contributed by atoms with E-state index >= 15 is 0 Å². The van der Waals surface area contributed by atoms with Crippen molar-refractivity contribution in [3.05, 3.63) is 11.3 Å². The highest BCUT2D eigenvalue weighted by Crippen LogP contribution is 2.37. The lowest BCUT2D eigenvalue weighted by molar-refractivity contribution is -0.119. The van der Waals surface area contributed by atoms with Crippen LogP contribution in [0.3, 0.4) is 0 Å². The van der Waals surface area contributed by atoms with Crippen molar-refractivity contribution in [3.63, 3.8) is 0 Å². The molecule has 1 aromatic heterocycles. The molecule has 3 heterocycles. The lowest BCUT2D eigenvalue weighted by atomic mass is 10.2. The van der Waals surface area contributed by atoms with E-state index < -0.39 is 6.04 Å². The molecule has 0 spiro atoms. The fourth-order valence-corrected chi connectivity index (χ4v) is 3.35. The van der Waals surface area contributed by atoms with Crippen LogP contribution in [0.5, 0.6) is 0 Å². The molecular formula is C12H20N4OS. The molecule has 1 unspecified atom stereocenters. The molecule has 0 saturated carbocycles. The van der Waals surface area contributed by atoms with Gasteiger partial charge in [-0.25, -0.2) is 4.68 Å². The third-order valence-electron chi connectivity index (χ3n) is 3.21. The van der Waals surface area contributed by atoms with Crippen LogP contribution in [0, 0.1) is 0 Å². The number of aromatic nitrogens is 2. The summed E-state index contributed by atoms with van der Waals surface area (Å²) in [5.74, 6) is 2.87. The van der Waals surface area contributed by atoms with Gasteiger partial charge in [-0.3, -0.25) is 9.69 Å². The molecule has 0 fully saturated rings. The standard InChI is InChI=1S/C10H14N4OS.C2H6/c1-13-9-6-4-16-5-8(6)12-14(9)3-2-7(11)10(13)15;1-2/h7H,2-5,11H2,1H3;1-2H3. The zero-order valence-electron chi connectivity index (χ0n) is 11.1. The number of carbonyl (C=O) groups is 1. The highest BCUT2D eigenvalue weighted by atomic mass is 32.2. The van der Waals surface area contributed by atoms with E-state index in [1.54, 1.807) is 11.9 Å². The van der Waals surface area contributed by atoms with Crippen LogP contribution >= 0.6 is 11.8 Å². The minimum atomic E-state index is -0.392. The van der Waals surface area contributed by atoms with Crippen LogP contribution in [0.15, 0.2) is 0 Å². The van der Waals surface area contributed by atoms with Crippen LogP contribution in [-0.4, -0.2) is 28.8 Å². The van der Waals surface area contributed by atoms with Gasteiger partial charge in [0.05, 0.1) is 11.7 Å². The van der Waals surface area contributed by atoms with Crippen LogP contribution in [0.4, 0.5) is 5.82 Å². The van der Waals surface area contributed by atoms with Gasteiger partial charge < -0.3 is 5.73 Å². The van der Waals surface area contributed by atoms with Crippen LogP contribution in [-0.2, 0) is 22.8 Å². The predicted octanol–water partition coefficient (Wildman–Crippen LogP) is 1.35. The molecule has 2 N–H and O–H groups in total. The van der Waals surface area contributed by atoms with E-state index in [2.05, 4.69) is 5.10 Å². The van der Waals surface area contributed by atoms with E-state index in [1.807, 2.05) is 30.3 Å². The Bertz CT molecular complexity index is 457. The largest absolute Gasteiger partial charge is 0.320 e. The fourth-order valence-electron chi connectivity index (χ4n) is 2.32. The quantitative estimate of drug-likeness (QED) is 0.771. The summed E-state index contributed by atoms with van der Waals surface area (Å²) < 4.78 is 1.94. The van der Waals surface area contributed by atoms with E-state index in [1.165, 1.54) is 5.56 Å². The van der Waals surface area contributed by atoms with Crippen molar-refractivity contribution in [3.8, 4) is 0 Å². The summed E-state index contributed by atoms with van der Waals surface area (Å²) in [7, 11) is 1.80. The van der Waals surface area contributed by atoms with Gasteiger partial charge >= 0.3 is 0 Å². The van der Waals surface area contributed by atoms with Crippen molar-refractivity contribution in [1.82, 2.24) is 9.78 Å². The second-order valence-corrected chi connectivity index (χ2v) is 5.24. The molecule has 18 heavy (non-hydrogen) atoms. The Labute approximate surface area is 112 Å². The summed E-state index contributed by atoms with van der Waals surface area (Å²) in [5.41, 5.74) is 8.17. The van der Waals surface area contributed by atoms with Gasteiger partial charge in [-0.15, -0.1) is 0 Å². The number of nitrogens with zero attached hydrogens (tertiary/aromatic N) is 3. The number of fused-ring (bicyclic) bond motifs is 3. The molecule has 2 aliphatic heterocycles. The number of nitrogens with two attached hydrogens (primary N) is 1. The maximum absolute atomic E-state index is 12.0. The van der Waals surface area contributed by atoms with Crippen molar-refractivity contribution in [2.24, 2.45) is 5.73 Å². The maximum atomic E-state index is 12.0. The SMILES string of the molecule is CC.CN1C(=O)C(N)CCn2nc3c(c21)CSC3. The Hall–Kier alpha value is -1.01. The lowest BCUT2D eigenvalue weighted by Gasteiger charge is -2.18. The molecule has 5 nitrogen and oxygen atoms in total. The molecule has 1 aromatic rings. The molecule has 0 saturated heterocycles. The molecular weight excluding hydrogens is 248 g/mol. The lowest BCUT2D eigenvalue weighted by Crippen LogP contribution is -2.40. The molecule has 6 heteroatoms. The average molecular weight is 268 g/mol. The average Bonchev–Trinajstić information content (AvgIpc) is 2.93. The Morgan fingerprint density at radius 3 is 2.83 bits per heavy atom. The summed E-state index contributed by atoms with van der Waals surface area (Å²) >= 11 is 1.85. The number of likely N-dealkylation sites (N-methyl/N-ethyl adjacent to an activating group) is 1. The number of anilines is 1. The van der Waals surface area contributed by atoms with Crippen LogP contribution in [0.2, 0.25) is 0 Å². The zero-order chi connectivity index (χ0) is 13.3. The molecule has 100 valence electrons. The molecule has 1 atom stereocenters. The monoisotopic (exact) mass is 268 g/mol. The second kappa shape index (κ2) is 5.32. The summed E-state index contributed by atoms with van der Waals surface area (Å²) in [5, 5.41) is 4.56. The first-order valence-electron chi connectivity index (χ1n) is 6.38. The first kappa shape index (κ1) is 13.4. The van der Waals surface area contributed by atoms with Crippen molar-refractivity contribution in [2.45, 2.75) is 44.4 Å². The van der Waals surface area contributed by atoms with Gasteiger partial charge in [0.15, 0.2) is 0 Å². The topological polar surface area (TPSA) is 64.2 Å². The van der Waals surface area contributed by atoms with E-state index in [9.17, 15) is 4.79 Å². The molecule has 3 rings (SSSR count). The second-order valence-electron chi connectivity index (χ2n) is 4.26. The zero-order valence-corrected chi connectivity index (χ0v) is 12.0. The minimum Gasteiger partial charge on any atom is -0.320 e. The Kier molecular flexibility index (Phi) is 3.97. The van der Waals surface area contributed by atoms with E-state index in [-0.39, 0.29) is 5.91 Å². The van der Waals surface area contributed by atoms with Crippen LogP contribution in [0.1, 0.15) is 31.5 Å². The molecule has 1 amide bonds. The first-order chi connectivity index (χ1) is 8.68. The number of hydrogen-bond acceptors (Lipinski definition) is 4. The first-order valence-corrected chi connectivity index (χ1v) is 7.53. The summed E-state index contributed by atoms with van der Waals surface area (Å²) in [6, 6.07) is -0.392. The van der Waals surface area contributed by atoms with Crippen LogP contribution < -0.4 is 10.6 Å². The normalized spacial score (nSPS) is 21.9. The van der Waals surface area contributed by atoms with E-state index in [0.29, 0.717) is 6.42 Å². The van der Waals surface area contributed by atoms with Gasteiger partial charge in [-0.2, -0.15) is 16.9 Å². The van der Waals surface area contributed by atoms with Gasteiger partial charge in [0.1, 0.15) is 5.82 Å². The number of rotatable bonds is 0. The van der Waals surface area contributed by atoms with Gasteiger partial charge in [-0.1, -0.05) is 13.8 Å². The minimum absolute atomic E-state index is 0.00153. The Morgan fingerprint density at radius 2 is 2.11 bits per heavy atom. The van der Waals surface area contributed by atoms with Crippen molar-refractivity contribution in [2.75, 3.05) is 11.9 Å². The summed E-state index contributed by atoms with van der Waals surface area (Å²) in [6.45, 7) is 4.74. The number of thioether (sulfide) groups is 1. The van der Waals surface area contributed by atoms with Crippen molar-refractivity contribution >= 4 is 23.5 Å². The maximum Gasteiger partial charge on any atom is 0.244 e. The Balaban J connectivity index is 0.000000574. The Morgan fingerprint density at radius 1 is 1.39 bits per heavy atom. The van der Waals surface area contributed by atoms with Crippen molar-refractivity contribution < 1.29 is 4.79 Å². The summed E-state index contributed by atoms with van der Waals surface area (Å²) in [6.07, 6.45) is 0.671. The predicted molar refractivity (Wildman–Crippen MR) is 74.6 cm³/mol. The van der Waals surface area contributed by atoms with E-state index in [4.69, 9.17) is 5.73 Å². The van der Waals surface area contributed by atoms with Gasteiger partial charge in [0, 0.05) is 30.7 Å². The molecule has 0 radical (unpaired) electrons. The third-order valence-corrected chi connectivity index (χ3v) is 4.18. The van der Waals surface area contributed by atoms with Gasteiger partial charge in [-0.05, 0) is 6.42 Å².